The van der Waals surface area contributed by atoms with Crippen molar-refractivity contribution in [3.63, 3.8) is 0 Å². The molecule has 0 fully saturated rings. The molecule has 0 bridgehead atoms. The summed E-state index contributed by atoms with van der Waals surface area (Å²) in [5.41, 5.74) is 5.00. The molecular formula is C17H17ClN2O. The Hall–Kier alpha value is -2.00. The van der Waals surface area contributed by atoms with Gasteiger partial charge < -0.3 is 9.14 Å². The molecule has 1 aromatic carbocycles. The topological polar surface area (TPSA) is 26.5 Å². The Balaban J connectivity index is 2.30. The summed E-state index contributed by atoms with van der Waals surface area (Å²) < 4.78 is 7.38. The highest BCUT2D eigenvalue weighted by Gasteiger charge is 2.19. The standard InChI is InChI=1S/C17H17ClN2O/c1-11-6-5-9-20-16(12(2)18)15(19-17(11)20)13-7-4-8-14(10-13)21-3/h4-10,12H,1-3H3. The number of aromatic nitrogens is 2. The smallest absolute Gasteiger partial charge is 0.140 e. The van der Waals surface area contributed by atoms with Crippen molar-refractivity contribution in [3.8, 4) is 17.0 Å². The maximum atomic E-state index is 6.41. The predicted octanol–water partition coefficient (Wildman–Crippen LogP) is 4.62. The van der Waals surface area contributed by atoms with Gasteiger partial charge in [-0.25, -0.2) is 4.98 Å². The van der Waals surface area contributed by atoms with Crippen LogP contribution in [0.4, 0.5) is 0 Å². The molecule has 4 heteroatoms. The minimum atomic E-state index is -0.136. The third-order valence-corrected chi connectivity index (χ3v) is 3.81. The largest absolute Gasteiger partial charge is 0.497 e. The Morgan fingerprint density at radius 1 is 1.24 bits per heavy atom. The van der Waals surface area contributed by atoms with E-state index in [0.717, 1.165) is 33.9 Å². The van der Waals surface area contributed by atoms with Crippen molar-refractivity contribution in [2.24, 2.45) is 0 Å². The molecule has 0 radical (unpaired) electrons. The number of imidazole rings is 1. The van der Waals surface area contributed by atoms with Crippen LogP contribution in [0.3, 0.4) is 0 Å². The number of hydrogen-bond donors (Lipinski definition) is 0. The molecule has 3 rings (SSSR count). The fourth-order valence-electron chi connectivity index (χ4n) is 2.59. The fourth-order valence-corrected chi connectivity index (χ4v) is 2.79. The molecule has 0 aliphatic heterocycles. The van der Waals surface area contributed by atoms with Crippen LogP contribution in [0.25, 0.3) is 16.9 Å². The number of alkyl halides is 1. The van der Waals surface area contributed by atoms with Gasteiger partial charge in [-0.2, -0.15) is 0 Å². The van der Waals surface area contributed by atoms with Gasteiger partial charge in [0.05, 0.1) is 23.9 Å². The minimum absolute atomic E-state index is 0.136. The first kappa shape index (κ1) is 14.0. The molecule has 1 unspecified atom stereocenters. The Bertz CT molecular complexity index is 793. The van der Waals surface area contributed by atoms with Crippen LogP contribution in [0.15, 0.2) is 42.6 Å². The quantitative estimate of drug-likeness (QED) is 0.660. The number of benzene rings is 1. The van der Waals surface area contributed by atoms with E-state index >= 15 is 0 Å². The van der Waals surface area contributed by atoms with Crippen molar-refractivity contribution in [2.45, 2.75) is 19.2 Å². The highest BCUT2D eigenvalue weighted by molar-refractivity contribution is 6.20. The van der Waals surface area contributed by atoms with Gasteiger partial charge in [-0.1, -0.05) is 18.2 Å². The summed E-state index contributed by atoms with van der Waals surface area (Å²) >= 11 is 6.41. The number of hydrogen-bond acceptors (Lipinski definition) is 2. The second-order valence-corrected chi connectivity index (χ2v) is 5.73. The molecular weight excluding hydrogens is 284 g/mol. The average Bonchev–Trinajstić information content (AvgIpc) is 2.88. The molecule has 0 N–H and O–H groups in total. The second kappa shape index (κ2) is 5.41. The summed E-state index contributed by atoms with van der Waals surface area (Å²) in [6.07, 6.45) is 2.01. The third-order valence-electron chi connectivity index (χ3n) is 3.60. The van der Waals surface area contributed by atoms with E-state index in [9.17, 15) is 0 Å². The van der Waals surface area contributed by atoms with Gasteiger partial charge in [-0.15, -0.1) is 11.6 Å². The van der Waals surface area contributed by atoms with Gasteiger partial charge in [0.2, 0.25) is 0 Å². The van der Waals surface area contributed by atoms with Crippen LogP contribution in [-0.2, 0) is 0 Å². The molecule has 0 aliphatic carbocycles. The van der Waals surface area contributed by atoms with Crippen LogP contribution < -0.4 is 4.74 Å². The maximum Gasteiger partial charge on any atom is 0.140 e. The lowest BCUT2D eigenvalue weighted by molar-refractivity contribution is 0.415. The van der Waals surface area contributed by atoms with Crippen molar-refractivity contribution in [1.82, 2.24) is 9.38 Å². The molecule has 2 heterocycles. The third kappa shape index (κ3) is 2.38. The van der Waals surface area contributed by atoms with Gasteiger partial charge in [-0.3, -0.25) is 0 Å². The van der Waals surface area contributed by atoms with Crippen molar-refractivity contribution < 1.29 is 4.74 Å². The Morgan fingerprint density at radius 2 is 2.05 bits per heavy atom. The van der Waals surface area contributed by atoms with Crippen LogP contribution in [0, 0.1) is 6.92 Å². The number of ether oxygens (including phenoxy) is 1. The lowest BCUT2D eigenvalue weighted by Gasteiger charge is -2.08. The fraction of sp³-hybridized carbons (Fsp3) is 0.235. The van der Waals surface area contributed by atoms with E-state index in [-0.39, 0.29) is 5.38 Å². The van der Waals surface area contributed by atoms with Crippen molar-refractivity contribution in [3.05, 3.63) is 53.9 Å². The van der Waals surface area contributed by atoms with Crippen molar-refractivity contribution in [1.29, 1.82) is 0 Å². The van der Waals surface area contributed by atoms with E-state index in [1.54, 1.807) is 7.11 Å². The highest BCUT2D eigenvalue weighted by atomic mass is 35.5. The molecule has 0 saturated heterocycles. The normalized spacial score (nSPS) is 12.6. The summed E-state index contributed by atoms with van der Waals surface area (Å²) in [6, 6.07) is 12.0. The van der Waals surface area contributed by atoms with E-state index in [0.29, 0.717) is 0 Å². The number of fused-ring (bicyclic) bond motifs is 1. The van der Waals surface area contributed by atoms with Gasteiger partial charge in [0.15, 0.2) is 0 Å². The Kier molecular flexibility index (Phi) is 3.60. The Morgan fingerprint density at radius 3 is 2.76 bits per heavy atom. The molecule has 108 valence electrons. The molecule has 0 spiro atoms. The summed E-state index contributed by atoms with van der Waals surface area (Å²) in [4.78, 5) is 4.80. The molecule has 0 amide bonds. The molecule has 1 atom stereocenters. The van der Waals surface area contributed by atoms with Gasteiger partial charge in [-0.05, 0) is 37.6 Å². The van der Waals surface area contributed by atoms with Crippen molar-refractivity contribution in [2.75, 3.05) is 7.11 Å². The van der Waals surface area contributed by atoms with Gasteiger partial charge >= 0.3 is 0 Å². The van der Waals surface area contributed by atoms with Crippen LogP contribution in [0.5, 0.6) is 5.75 Å². The lowest BCUT2D eigenvalue weighted by atomic mass is 10.1. The number of aryl methyl sites for hydroxylation is 1. The maximum absolute atomic E-state index is 6.41. The molecule has 2 aromatic heterocycles. The van der Waals surface area contributed by atoms with E-state index in [1.165, 1.54) is 0 Å². The van der Waals surface area contributed by atoms with Crippen LogP contribution in [0.2, 0.25) is 0 Å². The molecule has 0 aliphatic rings. The van der Waals surface area contributed by atoms with Gasteiger partial charge in [0.25, 0.3) is 0 Å². The number of rotatable bonds is 3. The minimum Gasteiger partial charge on any atom is -0.497 e. The molecule has 3 aromatic rings. The van der Waals surface area contributed by atoms with Crippen LogP contribution >= 0.6 is 11.6 Å². The molecule has 21 heavy (non-hydrogen) atoms. The SMILES string of the molecule is COc1cccc(-c2nc3c(C)cccn3c2C(C)Cl)c1. The number of halogens is 1. The Labute approximate surface area is 129 Å². The summed E-state index contributed by atoms with van der Waals surface area (Å²) in [7, 11) is 1.66. The molecule has 3 nitrogen and oxygen atoms in total. The van der Waals surface area contributed by atoms with E-state index in [4.69, 9.17) is 21.3 Å². The average molecular weight is 301 g/mol. The molecule has 0 saturated carbocycles. The zero-order valence-electron chi connectivity index (χ0n) is 12.3. The van der Waals surface area contributed by atoms with Gasteiger partial charge in [0, 0.05) is 11.8 Å². The first-order chi connectivity index (χ1) is 10.1. The number of methoxy groups -OCH3 is 1. The summed E-state index contributed by atoms with van der Waals surface area (Å²) in [5, 5.41) is -0.136. The highest BCUT2D eigenvalue weighted by Crippen LogP contribution is 2.33. The predicted molar refractivity (Wildman–Crippen MR) is 86.2 cm³/mol. The van der Waals surface area contributed by atoms with E-state index in [2.05, 4.69) is 17.4 Å². The zero-order valence-corrected chi connectivity index (χ0v) is 13.1. The summed E-state index contributed by atoms with van der Waals surface area (Å²) in [5.74, 6) is 0.814. The first-order valence-electron chi connectivity index (χ1n) is 6.88. The number of nitrogens with zero attached hydrogens (tertiary/aromatic N) is 2. The van der Waals surface area contributed by atoms with E-state index < -0.39 is 0 Å². The second-order valence-electron chi connectivity index (χ2n) is 5.08. The lowest BCUT2D eigenvalue weighted by Crippen LogP contribution is -1.96. The first-order valence-corrected chi connectivity index (χ1v) is 7.31. The van der Waals surface area contributed by atoms with Crippen LogP contribution in [0.1, 0.15) is 23.6 Å². The summed E-state index contributed by atoms with van der Waals surface area (Å²) in [6.45, 7) is 4.03. The van der Waals surface area contributed by atoms with Crippen molar-refractivity contribution >= 4 is 17.2 Å². The number of pyridine rings is 1. The van der Waals surface area contributed by atoms with Gasteiger partial charge in [0.1, 0.15) is 11.4 Å². The van der Waals surface area contributed by atoms with Crippen LogP contribution in [-0.4, -0.2) is 16.5 Å². The zero-order chi connectivity index (χ0) is 15.0. The van der Waals surface area contributed by atoms with E-state index in [1.807, 2.05) is 43.5 Å². The monoisotopic (exact) mass is 300 g/mol.